The number of methoxy groups -OCH3 is 1. The number of aliphatic imine (C=N–C) groups is 1. The van der Waals surface area contributed by atoms with Gasteiger partial charge in [0.15, 0.2) is 0 Å². The molecule has 0 saturated heterocycles. The molecule has 0 bridgehead atoms. The molecule has 0 spiro atoms. The fourth-order valence-electron chi connectivity index (χ4n) is 3.70. The fourth-order valence-corrected chi connectivity index (χ4v) is 3.86. The summed E-state index contributed by atoms with van der Waals surface area (Å²) in [5.74, 6) is -4.15. The Bertz CT molecular complexity index is 1550. The van der Waals surface area contributed by atoms with Crippen LogP contribution in [0.25, 0.3) is 0 Å². The largest absolute Gasteiger partial charge is 0.490 e. The minimum Gasteiger partial charge on any atom is -0.481 e. The Morgan fingerprint density at radius 3 is 2.29 bits per heavy atom. The highest BCUT2D eigenvalue weighted by molar-refractivity contribution is 6.35. The fraction of sp³-hybridized carbons (Fsp3) is 0.233. The molecule has 11 nitrogen and oxygen atoms in total. The van der Waals surface area contributed by atoms with Crippen LogP contribution in [0.4, 0.5) is 18.9 Å². The van der Waals surface area contributed by atoms with E-state index in [-0.39, 0.29) is 45.5 Å². The Morgan fingerprint density at radius 2 is 1.76 bits per heavy atom. The molecule has 1 atom stereocenters. The lowest BCUT2D eigenvalue weighted by Gasteiger charge is -2.20. The van der Waals surface area contributed by atoms with Gasteiger partial charge in [0.1, 0.15) is 11.4 Å². The topological polar surface area (TPSA) is 172 Å². The summed E-state index contributed by atoms with van der Waals surface area (Å²) in [6, 6.07) is 13.7. The number of amides is 3. The molecular formula is C30H31ClF3N5O6. The van der Waals surface area contributed by atoms with Crippen molar-refractivity contribution in [2.45, 2.75) is 32.5 Å². The highest BCUT2D eigenvalue weighted by atomic mass is 35.5. The van der Waals surface area contributed by atoms with E-state index in [1.54, 1.807) is 6.07 Å². The van der Waals surface area contributed by atoms with E-state index >= 15 is 0 Å². The zero-order valence-electron chi connectivity index (χ0n) is 24.4. The third-order valence-corrected chi connectivity index (χ3v) is 6.29. The molecule has 45 heavy (non-hydrogen) atoms. The van der Waals surface area contributed by atoms with Crippen LogP contribution in [0.5, 0.6) is 0 Å². The van der Waals surface area contributed by atoms with Crippen molar-refractivity contribution in [2.75, 3.05) is 19.0 Å². The third-order valence-electron chi connectivity index (χ3n) is 5.96. The Hall–Kier alpha value is -4.95. The Kier molecular flexibility index (Phi) is 13.1. The first-order valence-corrected chi connectivity index (χ1v) is 13.5. The lowest BCUT2D eigenvalue weighted by molar-refractivity contribution is -0.192. The van der Waals surface area contributed by atoms with E-state index in [1.165, 1.54) is 25.3 Å². The normalized spacial score (nSPS) is 14.2. The molecular weight excluding hydrogens is 619 g/mol. The van der Waals surface area contributed by atoms with E-state index in [1.807, 2.05) is 44.2 Å². The molecule has 2 aromatic rings. The van der Waals surface area contributed by atoms with Gasteiger partial charge < -0.3 is 31.5 Å². The number of nitrogens with one attached hydrogen (secondary N) is 3. The van der Waals surface area contributed by atoms with E-state index in [9.17, 15) is 27.6 Å². The number of nitrogens with zero attached hydrogens (tertiary/aromatic N) is 1. The van der Waals surface area contributed by atoms with E-state index in [0.29, 0.717) is 18.5 Å². The summed E-state index contributed by atoms with van der Waals surface area (Å²) >= 11 is 6.31. The Balaban J connectivity index is 0.000000900. The third kappa shape index (κ3) is 10.6. The number of ether oxygens (including phenoxy) is 1. The Labute approximate surface area is 261 Å². The van der Waals surface area contributed by atoms with Gasteiger partial charge in [-0.3, -0.25) is 14.4 Å². The second kappa shape index (κ2) is 16.2. The van der Waals surface area contributed by atoms with E-state index in [0.717, 1.165) is 11.1 Å². The molecule has 15 heteroatoms. The zero-order chi connectivity index (χ0) is 33.9. The van der Waals surface area contributed by atoms with Gasteiger partial charge in [-0.1, -0.05) is 47.5 Å². The monoisotopic (exact) mass is 649 g/mol. The number of hydrogen-bond donors (Lipinski definition) is 5. The van der Waals surface area contributed by atoms with Crippen molar-refractivity contribution >= 4 is 46.8 Å². The summed E-state index contributed by atoms with van der Waals surface area (Å²) in [5, 5.41) is 15.5. The first-order chi connectivity index (χ1) is 21.1. The van der Waals surface area contributed by atoms with Gasteiger partial charge in [-0.05, 0) is 63.2 Å². The lowest BCUT2D eigenvalue weighted by atomic mass is 10.0. The summed E-state index contributed by atoms with van der Waals surface area (Å²) < 4.78 is 36.7. The highest BCUT2D eigenvalue weighted by Crippen LogP contribution is 2.26. The molecule has 0 aliphatic carbocycles. The van der Waals surface area contributed by atoms with Gasteiger partial charge in [-0.25, -0.2) is 4.79 Å². The second-order valence-electron chi connectivity index (χ2n) is 9.45. The summed E-state index contributed by atoms with van der Waals surface area (Å²) in [6.45, 7) is 7.66. The van der Waals surface area contributed by atoms with Gasteiger partial charge in [0.2, 0.25) is 5.88 Å². The van der Waals surface area contributed by atoms with Crippen LogP contribution in [0.3, 0.4) is 0 Å². The van der Waals surface area contributed by atoms with Crippen LogP contribution >= 0.6 is 11.6 Å². The molecule has 0 aromatic heterocycles. The summed E-state index contributed by atoms with van der Waals surface area (Å²) in [4.78, 5) is 51.9. The van der Waals surface area contributed by atoms with Crippen molar-refractivity contribution in [3.63, 3.8) is 0 Å². The van der Waals surface area contributed by atoms with Crippen LogP contribution < -0.4 is 21.7 Å². The standard InChI is InChI=1S/C28H30ClN5O4.C2HF3O2/c1-16(2)20-15-21(28(37)34-25(20)31-17(3)38-4)27(36)33-24-14-19(10-11-22(24)29)26(35)32-23(12-13-30)18-8-6-5-7-9-18;3-2(4,5)1(6)7/h5-11,14-15,23H,3,12-13,30H2,1-2,4H3,(H,32,35)(H,33,36)(H,31,34,37);(H,6,7). The number of aliphatic carboxylic acids is 1. The van der Waals surface area contributed by atoms with E-state index < -0.39 is 24.0 Å². The molecule has 2 aromatic carbocycles. The molecule has 1 aliphatic heterocycles. The first-order valence-electron chi connectivity index (χ1n) is 13.1. The van der Waals surface area contributed by atoms with Crippen LogP contribution in [0.1, 0.15) is 42.2 Å². The zero-order valence-corrected chi connectivity index (χ0v) is 25.2. The number of carbonyl (C=O) groups is 4. The maximum Gasteiger partial charge on any atom is 0.490 e. The van der Waals surface area contributed by atoms with Crippen LogP contribution in [0, 0.1) is 0 Å². The number of alkyl halides is 3. The molecule has 1 unspecified atom stereocenters. The number of nitrogens with two attached hydrogens (primary N) is 1. The molecule has 0 saturated carbocycles. The molecule has 240 valence electrons. The molecule has 0 fully saturated rings. The van der Waals surface area contributed by atoms with Crippen LogP contribution in [0.15, 0.2) is 88.8 Å². The van der Waals surface area contributed by atoms with Crippen molar-refractivity contribution in [3.8, 4) is 0 Å². The maximum absolute atomic E-state index is 13.1. The van der Waals surface area contributed by atoms with Crippen LogP contribution in [-0.2, 0) is 19.1 Å². The molecule has 3 rings (SSSR count). The molecule has 0 radical (unpaired) electrons. The number of carboxylic acid groups (broad SMARTS) is 1. The maximum atomic E-state index is 13.1. The first kappa shape index (κ1) is 36.2. The lowest BCUT2D eigenvalue weighted by Crippen LogP contribution is -2.40. The van der Waals surface area contributed by atoms with Gasteiger partial charge in [-0.2, -0.15) is 18.2 Å². The van der Waals surface area contributed by atoms with Crippen LogP contribution in [0.2, 0.25) is 5.02 Å². The average Bonchev–Trinajstić information content (AvgIpc) is 2.98. The Morgan fingerprint density at radius 1 is 1.13 bits per heavy atom. The van der Waals surface area contributed by atoms with Gasteiger partial charge in [0.05, 0.1) is 23.9 Å². The predicted octanol–water partition coefficient (Wildman–Crippen LogP) is 4.64. The van der Waals surface area contributed by atoms with Crippen molar-refractivity contribution in [2.24, 2.45) is 10.7 Å². The van der Waals surface area contributed by atoms with Crippen molar-refractivity contribution in [3.05, 3.63) is 99.9 Å². The van der Waals surface area contributed by atoms with Crippen LogP contribution in [-0.4, -0.2) is 54.5 Å². The smallest absolute Gasteiger partial charge is 0.481 e. The second-order valence-corrected chi connectivity index (χ2v) is 9.86. The number of allylic oxidation sites excluding steroid dienone is 1. The number of carbonyl (C=O) groups excluding carboxylic acids is 3. The summed E-state index contributed by atoms with van der Waals surface area (Å²) in [6.07, 6.45) is -3.10. The summed E-state index contributed by atoms with van der Waals surface area (Å²) in [5.41, 5.74) is 8.34. The molecule has 3 amide bonds. The van der Waals surface area contributed by atoms with Gasteiger partial charge in [0.25, 0.3) is 17.7 Å². The number of hydrogen-bond acceptors (Lipinski definition) is 7. The van der Waals surface area contributed by atoms with Gasteiger partial charge in [-0.15, -0.1) is 0 Å². The van der Waals surface area contributed by atoms with E-state index in [2.05, 4.69) is 27.5 Å². The number of benzene rings is 2. The minimum absolute atomic E-state index is 0.100. The highest BCUT2D eigenvalue weighted by Gasteiger charge is 2.38. The number of rotatable bonds is 9. The minimum atomic E-state index is -5.08. The molecule has 1 aliphatic rings. The van der Waals surface area contributed by atoms with Crippen molar-refractivity contribution < 1.29 is 42.2 Å². The van der Waals surface area contributed by atoms with Gasteiger partial charge in [0, 0.05) is 11.1 Å². The molecule has 6 N–H and O–H groups in total. The quantitative estimate of drug-likeness (QED) is 0.194. The van der Waals surface area contributed by atoms with Crippen molar-refractivity contribution in [1.82, 2.24) is 10.6 Å². The average molecular weight is 650 g/mol. The SMILES string of the molecule is C=C(/N=C1/NC(=O)C(C(=O)Nc2cc(C(=O)NC(CCN)c3ccccc3)ccc2Cl)=CC1=C(C)C)OC.O=C(O)C(F)(F)F. The number of halogens is 4. The predicted molar refractivity (Wildman–Crippen MR) is 162 cm³/mol. The summed E-state index contributed by atoms with van der Waals surface area (Å²) in [7, 11) is 1.41. The van der Waals surface area contributed by atoms with E-state index in [4.69, 9.17) is 32.0 Å². The van der Waals surface area contributed by atoms with Crippen molar-refractivity contribution in [1.29, 1.82) is 0 Å². The molecule has 1 heterocycles. The number of amidine groups is 1. The number of carboxylic acids is 1. The number of anilines is 1. The van der Waals surface area contributed by atoms with Gasteiger partial charge >= 0.3 is 12.1 Å².